The summed E-state index contributed by atoms with van der Waals surface area (Å²) in [6.45, 7) is 11.2. The first-order valence-corrected chi connectivity index (χ1v) is 10.8. The van der Waals surface area contributed by atoms with Gasteiger partial charge in [0.2, 0.25) is 0 Å². The second kappa shape index (κ2) is 12.0. The van der Waals surface area contributed by atoms with Gasteiger partial charge in [-0.15, -0.1) is 0 Å². The smallest absolute Gasteiger partial charge is 0.191 e. The molecule has 1 fully saturated rings. The van der Waals surface area contributed by atoms with Gasteiger partial charge in [-0.3, -0.25) is 4.99 Å². The summed E-state index contributed by atoms with van der Waals surface area (Å²) in [7, 11) is 3.56. The molecule has 1 saturated heterocycles. The number of nitrogens with one attached hydrogen (secondary N) is 2. The maximum atomic E-state index is 5.70. The molecule has 0 aliphatic carbocycles. The highest BCUT2D eigenvalue weighted by Crippen LogP contribution is 2.40. The lowest BCUT2D eigenvalue weighted by Crippen LogP contribution is -2.48. The summed E-state index contributed by atoms with van der Waals surface area (Å²) in [6, 6.07) is 6.44. The first-order chi connectivity index (χ1) is 14.0. The van der Waals surface area contributed by atoms with Gasteiger partial charge in [-0.1, -0.05) is 31.5 Å². The van der Waals surface area contributed by atoms with E-state index in [1.54, 1.807) is 7.11 Å². The Bertz CT molecular complexity index is 640. The van der Waals surface area contributed by atoms with E-state index in [0.717, 1.165) is 70.5 Å². The minimum Gasteiger partial charge on any atom is -0.496 e. The molecule has 29 heavy (non-hydrogen) atoms. The highest BCUT2D eigenvalue weighted by Gasteiger charge is 2.37. The summed E-state index contributed by atoms with van der Waals surface area (Å²) in [5.41, 5.74) is 2.47. The van der Waals surface area contributed by atoms with E-state index in [0.29, 0.717) is 5.92 Å². The van der Waals surface area contributed by atoms with E-state index in [-0.39, 0.29) is 5.41 Å². The largest absolute Gasteiger partial charge is 0.496 e. The van der Waals surface area contributed by atoms with Crippen molar-refractivity contribution in [1.82, 2.24) is 10.6 Å². The van der Waals surface area contributed by atoms with Gasteiger partial charge in [0.05, 0.1) is 7.11 Å². The molecule has 164 valence electrons. The fraction of sp³-hybridized carbons (Fsp3) is 0.696. The molecular weight excluding hydrogens is 366 g/mol. The predicted octanol–water partition coefficient (Wildman–Crippen LogP) is 3.28. The van der Waals surface area contributed by atoms with Gasteiger partial charge < -0.3 is 24.8 Å². The Morgan fingerprint density at radius 3 is 2.66 bits per heavy atom. The van der Waals surface area contributed by atoms with Gasteiger partial charge in [-0.2, -0.15) is 0 Å². The van der Waals surface area contributed by atoms with Crippen LogP contribution in [0.3, 0.4) is 0 Å². The Labute approximate surface area is 176 Å². The minimum atomic E-state index is -0.0341. The lowest BCUT2D eigenvalue weighted by atomic mass is 9.73. The van der Waals surface area contributed by atoms with Gasteiger partial charge in [0.25, 0.3) is 0 Å². The first kappa shape index (κ1) is 23.5. The molecule has 0 bridgehead atoms. The van der Waals surface area contributed by atoms with Gasteiger partial charge >= 0.3 is 0 Å². The van der Waals surface area contributed by atoms with E-state index in [9.17, 15) is 0 Å². The first-order valence-electron chi connectivity index (χ1n) is 10.8. The van der Waals surface area contributed by atoms with Crippen LogP contribution in [0.1, 0.15) is 44.2 Å². The lowest BCUT2D eigenvalue weighted by molar-refractivity contribution is 0.0505. The fourth-order valence-electron chi connectivity index (χ4n) is 3.71. The number of benzene rings is 1. The average molecular weight is 406 g/mol. The monoisotopic (exact) mass is 405 g/mol. The molecule has 1 aromatic rings. The van der Waals surface area contributed by atoms with Crippen LogP contribution in [0.25, 0.3) is 0 Å². The van der Waals surface area contributed by atoms with Crippen molar-refractivity contribution >= 4 is 5.96 Å². The van der Waals surface area contributed by atoms with Gasteiger partial charge in [0.15, 0.2) is 5.96 Å². The number of nitrogens with zero attached hydrogens (tertiary/aromatic N) is 1. The Morgan fingerprint density at radius 1 is 1.24 bits per heavy atom. The van der Waals surface area contributed by atoms with Crippen molar-refractivity contribution < 1.29 is 14.2 Å². The molecule has 0 radical (unpaired) electrons. The summed E-state index contributed by atoms with van der Waals surface area (Å²) in [5.74, 6) is 2.35. The van der Waals surface area contributed by atoms with Crippen molar-refractivity contribution in [2.45, 2.75) is 45.4 Å². The van der Waals surface area contributed by atoms with Crippen LogP contribution < -0.4 is 15.4 Å². The number of hydrogen-bond donors (Lipinski definition) is 2. The third-order valence-electron chi connectivity index (χ3n) is 5.40. The topological polar surface area (TPSA) is 64.1 Å². The molecule has 2 N–H and O–H groups in total. The minimum absolute atomic E-state index is 0.0341. The second-order valence-corrected chi connectivity index (χ2v) is 8.27. The van der Waals surface area contributed by atoms with Crippen LogP contribution in [0.4, 0.5) is 0 Å². The van der Waals surface area contributed by atoms with Crippen molar-refractivity contribution in [1.29, 1.82) is 0 Å². The van der Waals surface area contributed by atoms with E-state index in [1.807, 2.05) is 7.05 Å². The van der Waals surface area contributed by atoms with Gasteiger partial charge in [0, 0.05) is 57.5 Å². The Balaban J connectivity index is 1.97. The predicted molar refractivity (Wildman–Crippen MR) is 119 cm³/mol. The fourth-order valence-corrected chi connectivity index (χ4v) is 3.71. The maximum absolute atomic E-state index is 5.70. The molecule has 0 atom stereocenters. The molecular formula is C23H39N3O3. The van der Waals surface area contributed by atoms with Crippen molar-refractivity contribution in [2.24, 2.45) is 10.9 Å². The number of methoxy groups -OCH3 is 1. The maximum Gasteiger partial charge on any atom is 0.191 e. The van der Waals surface area contributed by atoms with Gasteiger partial charge in [-0.25, -0.2) is 0 Å². The zero-order valence-electron chi connectivity index (χ0n) is 18.8. The molecule has 1 aromatic carbocycles. The van der Waals surface area contributed by atoms with E-state index < -0.39 is 0 Å². The number of guanidine groups is 1. The van der Waals surface area contributed by atoms with Crippen LogP contribution in [-0.4, -0.2) is 59.6 Å². The molecule has 6 heteroatoms. The van der Waals surface area contributed by atoms with E-state index in [1.165, 1.54) is 11.1 Å². The van der Waals surface area contributed by atoms with Crippen molar-refractivity contribution in [3.8, 4) is 5.75 Å². The number of aryl methyl sites for hydroxylation is 1. The Hall–Kier alpha value is -1.79. The van der Waals surface area contributed by atoms with Crippen LogP contribution in [0.15, 0.2) is 23.2 Å². The zero-order chi connectivity index (χ0) is 21.1. The molecule has 0 spiro atoms. The van der Waals surface area contributed by atoms with Crippen LogP contribution in [0, 0.1) is 12.8 Å². The van der Waals surface area contributed by atoms with Crippen molar-refractivity contribution in [3.05, 3.63) is 29.3 Å². The number of aliphatic imine (C=N–C) groups is 1. The number of ether oxygens (including phenoxy) is 3. The van der Waals surface area contributed by atoms with E-state index in [4.69, 9.17) is 14.2 Å². The number of rotatable bonds is 10. The molecule has 0 saturated carbocycles. The molecule has 6 nitrogen and oxygen atoms in total. The molecule has 0 unspecified atom stereocenters. The van der Waals surface area contributed by atoms with Gasteiger partial charge in [0.1, 0.15) is 5.75 Å². The summed E-state index contributed by atoms with van der Waals surface area (Å²) >= 11 is 0. The van der Waals surface area contributed by atoms with Crippen LogP contribution in [0.5, 0.6) is 5.75 Å². The summed E-state index contributed by atoms with van der Waals surface area (Å²) < 4.78 is 17.0. The van der Waals surface area contributed by atoms with Crippen LogP contribution in [-0.2, 0) is 14.9 Å². The third-order valence-corrected chi connectivity index (χ3v) is 5.40. The van der Waals surface area contributed by atoms with E-state index >= 15 is 0 Å². The third kappa shape index (κ3) is 7.19. The second-order valence-electron chi connectivity index (χ2n) is 8.27. The van der Waals surface area contributed by atoms with Crippen LogP contribution >= 0.6 is 0 Å². The summed E-state index contributed by atoms with van der Waals surface area (Å²) in [5, 5.41) is 6.95. The average Bonchev–Trinajstić information content (AvgIpc) is 2.73. The molecule has 2 rings (SSSR count). The standard InChI is InChI=1S/C23H39N3O3/c1-18(2)16-29-12-6-11-25-22(24-4)26-17-23(9-13-28-14-10-23)20-15-19(3)7-8-21(20)27-5/h7-8,15,18H,6,9-14,16-17H2,1-5H3,(H2,24,25,26). The summed E-state index contributed by atoms with van der Waals surface area (Å²) in [4.78, 5) is 4.39. The SMILES string of the molecule is CN=C(NCCCOCC(C)C)NCC1(c2cc(C)ccc2OC)CCOCC1. The van der Waals surface area contributed by atoms with Crippen molar-refractivity contribution in [2.75, 3.05) is 53.7 Å². The highest BCUT2D eigenvalue weighted by atomic mass is 16.5. The molecule has 0 amide bonds. The number of hydrogen-bond acceptors (Lipinski definition) is 4. The molecule has 1 heterocycles. The van der Waals surface area contributed by atoms with Gasteiger partial charge in [-0.05, 0) is 38.2 Å². The molecule has 1 aliphatic rings. The van der Waals surface area contributed by atoms with Crippen molar-refractivity contribution in [3.63, 3.8) is 0 Å². The quantitative estimate of drug-likeness (QED) is 0.355. The molecule has 1 aliphatic heterocycles. The summed E-state index contributed by atoms with van der Waals surface area (Å²) in [6.07, 6.45) is 2.87. The Morgan fingerprint density at radius 2 is 2.00 bits per heavy atom. The highest BCUT2D eigenvalue weighted by molar-refractivity contribution is 5.79. The normalized spacial score (nSPS) is 16.7. The molecule has 0 aromatic heterocycles. The zero-order valence-corrected chi connectivity index (χ0v) is 18.8. The lowest BCUT2D eigenvalue weighted by Gasteiger charge is -2.39. The Kier molecular flexibility index (Phi) is 9.74. The van der Waals surface area contributed by atoms with Crippen LogP contribution in [0.2, 0.25) is 0 Å². The van der Waals surface area contributed by atoms with E-state index in [2.05, 4.69) is 54.6 Å².